The van der Waals surface area contributed by atoms with Gasteiger partial charge < -0.3 is 16.0 Å². The first-order chi connectivity index (χ1) is 18.6. The molecule has 0 saturated heterocycles. The lowest BCUT2D eigenvalue weighted by molar-refractivity contribution is -0.138. The minimum absolute atomic E-state index is 0.171. The molecule has 0 aliphatic rings. The van der Waals surface area contributed by atoms with Gasteiger partial charge in [0.15, 0.2) is 0 Å². The van der Waals surface area contributed by atoms with Crippen molar-refractivity contribution in [2.75, 3.05) is 13.6 Å². The van der Waals surface area contributed by atoms with E-state index in [2.05, 4.69) is 10.7 Å². The molecule has 0 aliphatic carbocycles. The molecule has 1 atom stereocenters. The Morgan fingerprint density at radius 3 is 2.28 bits per heavy atom. The molecule has 0 bridgehead atoms. The SMILES string of the molecule is CCNC(=O)N(Cc1ccccc1)NC(=O)C(Cc1ccc2ccccc2c1)N(C)C(=O)C=CCC(C)(C)N. The highest BCUT2D eigenvalue weighted by molar-refractivity contribution is 5.93. The summed E-state index contributed by atoms with van der Waals surface area (Å²) >= 11 is 0. The third-order valence-corrected chi connectivity index (χ3v) is 6.27. The first kappa shape index (κ1) is 29.4. The van der Waals surface area contributed by atoms with E-state index in [0.29, 0.717) is 13.0 Å². The van der Waals surface area contributed by atoms with Crippen LogP contribution in [-0.4, -0.2) is 52.9 Å². The Morgan fingerprint density at radius 1 is 0.949 bits per heavy atom. The number of urea groups is 1. The van der Waals surface area contributed by atoms with Crippen molar-refractivity contribution < 1.29 is 14.4 Å². The van der Waals surface area contributed by atoms with E-state index in [4.69, 9.17) is 5.73 Å². The largest absolute Gasteiger partial charge is 0.337 e. The summed E-state index contributed by atoms with van der Waals surface area (Å²) in [5, 5.41) is 6.12. The normalized spacial score (nSPS) is 12.2. The number of rotatable bonds is 10. The van der Waals surface area contributed by atoms with Crippen LogP contribution in [0, 0.1) is 0 Å². The molecule has 0 saturated carbocycles. The highest BCUT2D eigenvalue weighted by Crippen LogP contribution is 2.18. The number of likely N-dealkylation sites (N-methyl/N-ethyl adjacent to an activating group) is 1. The van der Waals surface area contributed by atoms with Gasteiger partial charge in [0.05, 0.1) is 6.54 Å². The molecule has 1 unspecified atom stereocenters. The van der Waals surface area contributed by atoms with Crippen LogP contribution in [0.1, 0.15) is 38.3 Å². The van der Waals surface area contributed by atoms with Crippen LogP contribution in [0.2, 0.25) is 0 Å². The van der Waals surface area contributed by atoms with Crippen LogP contribution < -0.4 is 16.5 Å². The second-order valence-electron chi connectivity index (χ2n) is 10.3. The molecule has 0 heterocycles. The number of hydrazine groups is 1. The highest BCUT2D eigenvalue weighted by atomic mass is 16.2. The predicted molar refractivity (Wildman–Crippen MR) is 155 cm³/mol. The van der Waals surface area contributed by atoms with E-state index >= 15 is 0 Å². The number of hydrogen-bond donors (Lipinski definition) is 3. The molecule has 8 heteroatoms. The molecule has 206 valence electrons. The summed E-state index contributed by atoms with van der Waals surface area (Å²) in [6.07, 6.45) is 3.95. The van der Waals surface area contributed by atoms with Crippen LogP contribution in [0.4, 0.5) is 4.79 Å². The molecule has 4 N–H and O–H groups in total. The first-order valence-electron chi connectivity index (χ1n) is 13.2. The second-order valence-corrected chi connectivity index (χ2v) is 10.3. The average molecular weight is 530 g/mol. The molecule has 0 aliphatic heterocycles. The number of amides is 4. The van der Waals surface area contributed by atoms with Gasteiger partial charge in [0.25, 0.3) is 5.91 Å². The van der Waals surface area contributed by atoms with E-state index in [1.807, 2.05) is 93.6 Å². The van der Waals surface area contributed by atoms with Crippen molar-refractivity contribution in [3.8, 4) is 0 Å². The van der Waals surface area contributed by atoms with Gasteiger partial charge in [-0.05, 0) is 55.2 Å². The number of fused-ring (bicyclic) bond motifs is 1. The van der Waals surface area contributed by atoms with E-state index in [0.717, 1.165) is 21.9 Å². The number of carbonyl (C=O) groups is 3. The fourth-order valence-corrected chi connectivity index (χ4v) is 4.11. The molecule has 8 nitrogen and oxygen atoms in total. The van der Waals surface area contributed by atoms with Crippen LogP contribution in [0.25, 0.3) is 10.8 Å². The Bertz CT molecular complexity index is 1300. The fraction of sp³-hybridized carbons (Fsp3) is 0.323. The Labute approximate surface area is 230 Å². The van der Waals surface area contributed by atoms with E-state index in [9.17, 15) is 14.4 Å². The number of nitrogens with one attached hydrogen (secondary N) is 2. The number of benzene rings is 3. The number of carbonyl (C=O) groups excluding carboxylic acids is 3. The van der Waals surface area contributed by atoms with E-state index in [-0.39, 0.29) is 18.9 Å². The predicted octanol–water partition coefficient (Wildman–Crippen LogP) is 4.16. The van der Waals surface area contributed by atoms with Gasteiger partial charge >= 0.3 is 6.03 Å². The van der Waals surface area contributed by atoms with Gasteiger partial charge in [-0.15, -0.1) is 0 Å². The van der Waals surface area contributed by atoms with Crippen LogP contribution in [0.5, 0.6) is 0 Å². The maximum Gasteiger partial charge on any atom is 0.336 e. The van der Waals surface area contributed by atoms with Crippen molar-refractivity contribution in [1.82, 2.24) is 20.7 Å². The zero-order chi connectivity index (χ0) is 28.4. The van der Waals surface area contributed by atoms with Gasteiger partial charge in [-0.2, -0.15) is 0 Å². The lowest BCUT2D eigenvalue weighted by Gasteiger charge is -2.30. The number of nitrogens with two attached hydrogens (primary N) is 1. The molecule has 0 aromatic heterocycles. The molecule has 0 radical (unpaired) electrons. The molecule has 39 heavy (non-hydrogen) atoms. The Hall–Kier alpha value is -4.17. The van der Waals surface area contributed by atoms with Gasteiger partial charge in [0.2, 0.25) is 5.91 Å². The average Bonchev–Trinajstić information content (AvgIpc) is 2.90. The van der Waals surface area contributed by atoms with Crippen molar-refractivity contribution >= 4 is 28.6 Å². The maximum atomic E-state index is 13.7. The van der Waals surface area contributed by atoms with Crippen molar-refractivity contribution in [3.05, 3.63) is 96.1 Å². The highest BCUT2D eigenvalue weighted by Gasteiger charge is 2.29. The second kappa shape index (κ2) is 13.6. The summed E-state index contributed by atoms with van der Waals surface area (Å²) in [4.78, 5) is 41.1. The van der Waals surface area contributed by atoms with Crippen molar-refractivity contribution in [1.29, 1.82) is 0 Å². The third-order valence-electron chi connectivity index (χ3n) is 6.27. The quantitative estimate of drug-likeness (QED) is 0.271. The summed E-state index contributed by atoms with van der Waals surface area (Å²) in [7, 11) is 1.60. The Morgan fingerprint density at radius 2 is 1.62 bits per heavy atom. The number of nitrogens with zero attached hydrogens (tertiary/aromatic N) is 2. The molecule has 0 fully saturated rings. The summed E-state index contributed by atoms with van der Waals surface area (Å²) in [6.45, 7) is 6.14. The lowest BCUT2D eigenvalue weighted by Crippen LogP contribution is -2.56. The molecule has 3 aromatic rings. The monoisotopic (exact) mass is 529 g/mol. The van der Waals surface area contributed by atoms with Gasteiger partial charge in [-0.1, -0.05) is 78.9 Å². The van der Waals surface area contributed by atoms with Crippen molar-refractivity contribution in [3.63, 3.8) is 0 Å². The summed E-state index contributed by atoms with van der Waals surface area (Å²) in [5.41, 5.74) is 10.1. The fourth-order valence-electron chi connectivity index (χ4n) is 4.11. The standard InChI is InChI=1S/C31H39N5O3/c1-5-33-30(39)36(22-23-12-7-6-8-13-23)34-29(38)27(35(4)28(37)16-11-19-31(2,3)32)21-24-17-18-25-14-9-10-15-26(25)20-24/h6-18,20,27H,5,19,21-22,32H2,1-4H3,(H,33,39)(H,34,38). The maximum absolute atomic E-state index is 13.7. The molecule has 3 aromatic carbocycles. The minimum Gasteiger partial charge on any atom is -0.337 e. The van der Waals surface area contributed by atoms with Gasteiger partial charge in [-0.25, -0.2) is 9.80 Å². The molecular weight excluding hydrogens is 490 g/mol. The van der Waals surface area contributed by atoms with Crippen LogP contribution in [-0.2, 0) is 22.6 Å². The van der Waals surface area contributed by atoms with Gasteiger partial charge in [0.1, 0.15) is 6.04 Å². The summed E-state index contributed by atoms with van der Waals surface area (Å²) in [5.74, 6) is -0.790. The molecule has 4 amide bonds. The minimum atomic E-state index is -0.873. The smallest absolute Gasteiger partial charge is 0.336 e. The van der Waals surface area contributed by atoms with Crippen molar-refractivity contribution in [2.45, 2.75) is 51.7 Å². The van der Waals surface area contributed by atoms with Crippen LogP contribution >= 0.6 is 0 Å². The zero-order valence-electron chi connectivity index (χ0n) is 23.2. The Balaban J connectivity index is 1.88. The number of hydrogen-bond acceptors (Lipinski definition) is 4. The van der Waals surface area contributed by atoms with Crippen molar-refractivity contribution in [2.24, 2.45) is 5.73 Å². The molecule has 0 spiro atoms. The molecule has 3 rings (SSSR count). The van der Waals surface area contributed by atoms with Gasteiger partial charge in [-0.3, -0.25) is 15.0 Å². The topological polar surface area (TPSA) is 108 Å². The lowest BCUT2D eigenvalue weighted by atomic mass is 10.00. The summed E-state index contributed by atoms with van der Waals surface area (Å²) < 4.78 is 0. The Kier molecular flexibility index (Phi) is 10.2. The zero-order valence-corrected chi connectivity index (χ0v) is 23.2. The van der Waals surface area contributed by atoms with E-state index in [1.165, 1.54) is 16.0 Å². The molecular formula is C31H39N5O3. The van der Waals surface area contributed by atoms with Crippen LogP contribution in [0.3, 0.4) is 0 Å². The van der Waals surface area contributed by atoms with E-state index in [1.54, 1.807) is 13.1 Å². The van der Waals surface area contributed by atoms with Gasteiger partial charge in [0, 0.05) is 25.6 Å². The third kappa shape index (κ3) is 8.97. The summed E-state index contributed by atoms with van der Waals surface area (Å²) in [6, 6.07) is 22.0. The van der Waals surface area contributed by atoms with Crippen LogP contribution in [0.15, 0.2) is 84.9 Å². The first-order valence-corrected chi connectivity index (χ1v) is 13.2. The van der Waals surface area contributed by atoms with E-state index < -0.39 is 23.5 Å².